The van der Waals surface area contributed by atoms with Crippen molar-refractivity contribution in [2.75, 3.05) is 25.5 Å². The number of anilines is 1. The number of alkyl halides is 3. The summed E-state index contributed by atoms with van der Waals surface area (Å²) >= 11 is 0. The number of amides is 2. The molecule has 1 unspecified atom stereocenters. The van der Waals surface area contributed by atoms with Crippen LogP contribution in [0.1, 0.15) is 6.92 Å². The molecule has 0 bridgehead atoms. The second kappa shape index (κ2) is 7.30. The number of ether oxygens (including phenoxy) is 1. The summed E-state index contributed by atoms with van der Waals surface area (Å²) in [5.74, 6) is -0.709. The molecule has 0 saturated heterocycles. The van der Waals surface area contributed by atoms with Crippen LogP contribution in [0.25, 0.3) is 0 Å². The van der Waals surface area contributed by atoms with Crippen molar-refractivity contribution in [2.24, 2.45) is 0 Å². The number of halogens is 4. The zero-order valence-corrected chi connectivity index (χ0v) is 11.9. The maximum atomic E-state index is 13.6. The van der Waals surface area contributed by atoms with Crippen molar-refractivity contribution in [2.45, 2.75) is 19.2 Å². The van der Waals surface area contributed by atoms with Gasteiger partial charge in [0.25, 0.3) is 0 Å². The standard InChI is InChI=1S/C13H16F4N2O3/c1-3-22-10-5-4-8(6-9(10)14)18-12(21)19(2)7-11(20)13(15,16)17/h4-6,11,20H,3,7H2,1-2H3,(H,18,21). The summed E-state index contributed by atoms with van der Waals surface area (Å²) in [5, 5.41) is 11.1. The molecule has 2 amide bonds. The topological polar surface area (TPSA) is 61.8 Å². The number of hydrogen-bond acceptors (Lipinski definition) is 3. The Labute approximate surface area is 124 Å². The van der Waals surface area contributed by atoms with Crippen LogP contribution in [0.15, 0.2) is 18.2 Å². The van der Waals surface area contributed by atoms with Gasteiger partial charge in [0.05, 0.1) is 13.2 Å². The lowest BCUT2D eigenvalue weighted by molar-refractivity contribution is -0.205. The predicted octanol–water partition coefficient (Wildman–Crippen LogP) is 2.61. The SMILES string of the molecule is CCOc1ccc(NC(=O)N(C)CC(O)C(F)(F)F)cc1F. The van der Waals surface area contributed by atoms with Gasteiger partial charge in [-0.25, -0.2) is 9.18 Å². The third kappa shape index (κ3) is 5.06. The summed E-state index contributed by atoms with van der Waals surface area (Å²) in [6, 6.07) is 2.71. The van der Waals surface area contributed by atoms with Crippen LogP contribution in [0.5, 0.6) is 5.75 Å². The molecule has 9 heteroatoms. The predicted molar refractivity (Wildman–Crippen MR) is 71.3 cm³/mol. The van der Waals surface area contributed by atoms with Gasteiger partial charge in [0.15, 0.2) is 17.7 Å². The van der Waals surface area contributed by atoms with Crippen LogP contribution in [0.2, 0.25) is 0 Å². The van der Waals surface area contributed by atoms with Crippen molar-refractivity contribution in [3.05, 3.63) is 24.0 Å². The number of urea groups is 1. The molecule has 1 aromatic rings. The Bertz CT molecular complexity index is 522. The molecule has 0 fully saturated rings. The van der Waals surface area contributed by atoms with E-state index >= 15 is 0 Å². The van der Waals surface area contributed by atoms with Crippen molar-refractivity contribution >= 4 is 11.7 Å². The maximum absolute atomic E-state index is 13.6. The minimum Gasteiger partial charge on any atom is -0.491 e. The van der Waals surface area contributed by atoms with Gasteiger partial charge in [0, 0.05) is 18.8 Å². The highest BCUT2D eigenvalue weighted by atomic mass is 19.4. The number of benzene rings is 1. The molecular weight excluding hydrogens is 308 g/mol. The van der Waals surface area contributed by atoms with Gasteiger partial charge in [-0.1, -0.05) is 0 Å². The van der Waals surface area contributed by atoms with Gasteiger partial charge in [-0.3, -0.25) is 0 Å². The van der Waals surface area contributed by atoms with Gasteiger partial charge in [-0.05, 0) is 19.1 Å². The number of likely N-dealkylation sites (N-methyl/N-ethyl adjacent to an activating group) is 1. The van der Waals surface area contributed by atoms with Crippen LogP contribution in [0.3, 0.4) is 0 Å². The first kappa shape index (κ1) is 18.0. The fourth-order valence-corrected chi connectivity index (χ4v) is 1.52. The van der Waals surface area contributed by atoms with Crippen LogP contribution < -0.4 is 10.1 Å². The Balaban J connectivity index is 2.66. The molecule has 1 aromatic carbocycles. The molecule has 0 heterocycles. The Morgan fingerprint density at radius 2 is 2.09 bits per heavy atom. The second-order valence-electron chi connectivity index (χ2n) is 4.45. The zero-order chi connectivity index (χ0) is 16.9. The summed E-state index contributed by atoms with van der Waals surface area (Å²) in [6.07, 6.45) is -7.47. The Hall–Kier alpha value is -2.03. The first-order chi connectivity index (χ1) is 10.1. The molecule has 0 aliphatic heterocycles. The van der Waals surface area contributed by atoms with E-state index in [1.807, 2.05) is 0 Å². The van der Waals surface area contributed by atoms with Crippen molar-refractivity contribution in [1.29, 1.82) is 0 Å². The van der Waals surface area contributed by atoms with Crippen molar-refractivity contribution in [1.82, 2.24) is 4.90 Å². The smallest absolute Gasteiger partial charge is 0.416 e. The van der Waals surface area contributed by atoms with E-state index in [4.69, 9.17) is 9.84 Å². The first-order valence-electron chi connectivity index (χ1n) is 6.34. The molecule has 2 N–H and O–H groups in total. The maximum Gasteiger partial charge on any atom is 0.416 e. The van der Waals surface area contributed by atoms with Gasteiger partial charge in [0.2, 0.25) is 0 Å². The average molecular weight is 324 g/mol. The second-order valence-corrected chi connectivity index (χ2v) is 4.45. The molecule has 1 rings (SSSR count). The van der Waals surface area contributed by atoms with Crippen LogP contribution >= 0.6 is 0 Å². The quantitative estimate of drug-likeness (QED) is 0.819. The molecular formula is C13H16F4N2O3. The molecule has 5 nitrogen and oxygen atoms in total. The monoisotopic (exact) mass is 324 g/mol. The first-order valence-corrected chi connectivity index (χ1v) is 6.34. The Kier molecular flexibility index (Phi) is 5.98. The molecule has 0 radical (unpaired) electrons. The fourth-order valence-electron chi connectivity index (χ4n) is 1.52. The summed E-state index contributed by atoms with van der Waals surface area (Å²) < 4.78 is 55.1. The molecule has 0 aliphatic rings. The molecule has 0 spiro atoms. The molecule has 0 saturated carbocycles. The van der Waals surface area contributed by atoms with Crippen LogP contribution in [0, 0.1) is 5.82 Å². The molecule has 22 heavy (non-hydrogen) atoms. The normalized spacial score (nSPS) is 12.7. The van der Waals surface area contributed by atoms with E-state index in [9.17, 15) is 22.4 Å². The number of carbonyl (C=O) groups is 1. The summed E-state index contributed by atoms with van der Waals surface area (Å²) in [4.78, 5) is 12.3. The number of nitrogens with zero attached hydrogens (tertiary/aromatic N) is 1. The highest BCUT2D eigenvalue weighted by molar-refractivity contribution is 5.89. The molecule has 0 aromatic heterocycles. The highest BCUT2D eigenvalue weighted by Crippen LogP contribution is 2.22. The highest BCUT2D eigenvalue weighted by Gasteiger charge is 2.39. The van der Waals surface area contributed by atoms with Gasteiger partial charge < -0.3 is 20.1 Å². The fraction of sp³-hybridized carbons (Fsp3) is 0.462. The lowest BCUT2D eigenvalue weighted by Gasteiger charge is -2.22. The van der Waals surface area contributed by atoms with Crippen molar-refractivity contribution < 1.29 is 32.2 Å². The Morgan fingerprint density at radius 3 is 2.59 bits per heavy atom. The number of hydrogen-bond donors (Lipinski definition) is 2. The molecule has 0 aliphatic carbocycles. The van der Waals surface area contributed by atoms with E-state index < -0.39 is 30.7 Å². The third-order valence-corrected chi connectivity index (χ3v) is 2.65. The third-order valence-electron chi connectivity index (χ3n) is 2.65. The van der Waals surface area contributed by atoms with E-state index in [2.05, 4.69) is 5.32 Å². The largest absolute Gasteiger partial charge is 0.491 e. The van der Waals surface area contributed by atoms with E-state index in [1.54, 1.807) is 6.92 Å². The minimum atomic E-state index is -4.82. The zero-order valence-electron chi connectivity index (χ0n) is 11.9. The van der Waals surface area contributed by atoms with Crippen LogP contribution in [-0.2, 0) is 0 Å². The van der Waals surface area contributed by atoms with Gasteiger partial charge in [-0.2, -0.15) is 13.2 Å². The van der Waals surface area contributed by atoms with Crippen LogP contribution in [-0.4, -0.2) is 48.5 Å². The average Bonchev–Trinajstić information content (AvgIpc) is 2.40. The summed E-state index contributed by atoms with van der Waals surface area (Å²) in [7, 11) is 1.08. The van der Waals surface area contributed by atoms with Crippen LogP contribution in [0.4, 0.5) is 28.0 Å². The van der Waals surface area contributed by atoms with E-state index in [0.717, 1.165) is 13.1 Å². The molecule has 124 valence electrons. The van der Waals surface area contributed by atoms with Gasteiger partial charge >= 0.3 is 12.2 Å². The number of nitrogens with one attached hydrogen (secondary N) is 1. The number of rotatable bonds is 5. The van der Waals surface area contributed by atoms with Gasteiger partial charge in [0.1, 0.15) is 0 Å². The number of aliphatic hydroxyl groups is 1. The molecule has 1 atom stereocenters. The van der Waals surface area contributed by atoms with E-state index in [-0.39, 0.29) is 18.0 Å². The number of carbonyl (C=O) groups excluding carboxylic acids is 1. The van der Waals surface area contributed by atoms with E-state index in [1.165, 1.54) is 12.1 Å². The summed E-state index contributed by atoms with van der Waals surface area (Å²) in [5.41, 5.74) is 0.0549. The lowest BCUT2D eigenvalue weighted by Crippen LogP contribution is -2.43. The van der Waals surface area contributed by atoms with E-state index in [0.29, 0.717) is 4.90 Å². The Morgan fingerprint density at radius 1 is 1.45 bits per heavy atom. The lowest BCUT2D eigenvalue weighted by atomic mass is 10.3. The number of aliphatic hydroxyl groups excluding tert-OH is 1. The minimum absolute atomic E-state index is 0.00125. The van der Waals surface area contributed by atoms with Gasteiger partial charge in [-0.15, -0.1) is 0 Å². The van der Waals surface area contributed by atoms with Crippen molar-refractivity contribution in [3.8, 4) is 5.75 Å². The summed E-state index contributed by atoms with van der Waals surface area (Å²) in [6.45, 7) is 1.01. The van der Waals surface area contributed by atoms with Crippen molar-refractivity contribution in [3.63, 3.8) is 0 Å².